The zero-order valence-corrected chi connectivity index (χ0v) is 18.5. The first-order chi connectivity index (χ1) is 14.2. The minimum Gasteiger partial charge on any atom is -0.492 e. The average molecular weight is 471 g/mol. The Kier molecular flexibility index (Phi) is 8.30. The molecule has 7 nitrogen and oxygen atoms in total. The maximum absolute atomic E-state index is 6.35. The Balaban J connectivity index is 0.00000256. The monoisotopic (exact) mass is 469 g/mol. The first-order valence-corrected chi connectivity index (χ1v) is 10.2. The van der Waals surface area contributed by atoms with Crippen molar-refractivity contribution in [2.45, 2.75) is 6.54 Å². The topological polar surface area (TPSA) is 65.3 Å². The van der Waals surface area contributed by atoms with Crippen LogP contribution in [0.4, 0.5) is 0 Å². The van der Waals surface area contributed by atoms with Crippen molar-refractivity contribution in [1.82, 2.24) is 25.1 Å². The molecule has 10 heteroatoms. The van der Waals surface area contributed by atoms with E-state index in [1.165, 1.54) is 0 Å². The molecule has 0 unspecified atom stereocenters. The van der Waals surface area contributed by atoms with E-state index in [4.69, 9.17) is 32.7 Å². The largest absolute Gasteiger partial charge is 0.492 e. The number of rotatable bonds is 7. The second-order valence-electron chi connectivity index (χ2n) is 6.67. The van der Waals surface area contributed by atoms with Gasteiger partial charge >= 0.3 is 0 Å². The fourth-order valence-electron chi connectivity index (χ4n) is 3.23. The highest BCUT2D eigenvalue weighted by molar-refractivity contribution is 6.43. The predicted octanol–water partition coefficient (Wildman–Crippen LogP) is 3.83. The van der Waals surface area contributed by atoms with Gasteiger partial charge < -0.3 is 9.47 Å². The summed E-state index contributed by atoms with van der Waals surface area (Å²) in [5, 5.41) is 13.0. The third-order valence-corrected chi connectivity index (χ3v) is 5.60. The molecule has 0 aliphatic carbocycles. The summed E-state index contributed by atoms with van der Waals surface area (Å²) < 4.78 is 13.1. The quantitative estimate of drug-likeness (QED) is 0.523. The summed E-state index contributed by atoms with van der Waals surface area (Å²) in [7, 11) is 0. The molecule has 1 saturated heterocycles. The van der Waals surface area contributed by atoms with Crippen LogP contribution < -0.4 is 4.74 Å². The van der Waals surface area contributed by atoms with Crippen LogP contribution in [0.5, 0.6) is 5.75 Å². The van der Waals surface area contributed by atoms with E-state index >= 15 is 0 Å². The van der Waals surface area contributed by atoms with Gasteiger partial charge in [0.25, 0.3) is 0 Å². The number of tetrazole rings is 1. The first-order valence-electron chi connectivity index (χ1n) is 9.44. The third-order valence-electron chi connectivity index (χ3n) is 4.79. The highest BCUT2D eigenvalue weighted by Gasteiger charge is 2.16. The summed E-state index contributed by atoms with van der Waals surface area (Å²) in [5.41, 5.74) is 1.68. The molecule has 0 amide bonds. The number of hydrogen-bond acceptors (Lipinski definition) is 6. The summed E-state index contributed by atoms with van der Waals surface area (Å²) >= 11 is 12.5. The molecule has 2 heterocycles. The number of benzene rings is 2. The highest BCUT2D eigenvalue weighted by atomic mass is 35.5. The lowest BCUT2D eigenvalue weighted by molar-refractivity contribution is 0.0322. The molecule has 0 radical (unpaired) electrons. The molecule has 1 fully saturated rings. The number of para-hydroxylation sites is 1. The van der Waals surface area contributed by atoms with E-state index in [9.17, 15) is 0 Å². The van der Waals surface area contributed by atoms with Crippen LogP contribution in [-0.4, -0.2) is 64.6 Å². The zero-order valence-electron chi connectivity index (χ0n) is 16.2. The van der Waals surface area contributed by atoms with Gasteiger partial charge in [-0.25, -0.2) is 4.68 Å². The van der Waals surface area contributed by atoms with Crippen molar-refractivity contribution >= 4 is 35.6 Å². The molecule has 3 aromatic rings. The zero-order chi connectivity index (χ0) is 20.1. The molecule has 0 N–H and O–H groups in total. The van der Waals surface area contributed by atoms with Crippen molar-refractivity contribution in [3.8, 4) is 17.1 Å². The predicted molar refractivity (Wildman–Crippen MR) is 119 cm³/mol. The Hall–Kier alpha value is -1.90. The number of halogens is 3. The molecule has 1 aromatic heterocycles. The van der Waals surface area contributed by atoms with Gasteiger partial charge in [0.15, 0.2) is 5.82 Å². The number of nitrogens with zero attached hydrogens (tertiary/aromatic N) is 5. The Bertz CT molecular complexity index is 963. The molecular formula is C20H22Cl3N5O2. The maximum atomic E-state index is 6.35. The van der Waals surface area contributed by atoms with E-state index < -0.39 is 0 Å². The average Bonchev–Trinajstić information content (AvgIpc) is 3.20. The van der Waals surface area contributed by atoms with Gasteiger partial charge in [-0.2, -0.15) is 0 Å². The van der Waals surface area contributed by atoms with Crippen LogP contribution in [-0.2, 0) is 11.3 Å². The van der Waals surface area contributed by atoms with Crippen molar-refractivity contribution in [1.29, 1.82) is 0 Å². The normalized spacial score (nSPS) is 14.3. The van der Waals surface area contributed by atoms with Gasteiger partial charge in [0.2, 0.25) is 0 Å². The van der Waals surface area contributed by atoms with Crippen molar-refractivity contribution in [2.24, 2.45) is 0 Å². The van der Waals surface area contributed by atoms with Crippen molar-refractivity contribution in [3.05, 3.63) is 58.1 Å². The molecule has 0 spiro atoms. The number of aromatic nitrogens is 4. The Morgan fingerprint density at radius 3 is 2.67 bits per heavy atom. The van der Waals surface area contributed by atoms with Crippen LogP contribution in [0.3, 0.4) is 0 Å². The Labute approximate surface area is 191 Å². The molecule has 0 saturated carbocycles. The summed E-state index contributed by atoms with van der Waals surface area (Å²) in [6.07, 6.45) is 0. The third kappa shape index (κ3) is 5.42. The van der Waals surface area contributed by atoms with Crippen LogP contribution in [0.15, 0.2) is 42.5 Å². The van der Waals surface area contributed by atoms with Crippen LogP contribution in [0.25, 0.3) is 11.4 Å². The van der Waals surface area contributed by atoms with E-state index in [1.807, 2.05) is 36.4 Å². The molecule has 0 atom stereocenters. The summed E-state index contributed by atoms with van der Waals surface area (Å²) in [6.45, 7) is 5.39. The second-order valence-corrected chi connectivity index (χ2v) is 7.46. The molecular weight excluding hydrogens is 449 g/mol. The van der Waals surface area contributed by atoms with Gasteiger partial charge in [-0.3, -0.25) is 4.90 Å². The van der Waals surface area contributed by atoms with Crippen molar-refractivity contribution in [2.75, 3.05) is 39.5 Å². The van der Waals surface area contributed by atoms with E-state index in [-0.39, 0.29) is 12.4 Å². The Morgan fingerprint density at radius 1 is 1.03 bits per heavy atom. The minimum atomic E-state index is 0. The van der Waals surface area contributed by atoms with Gasteiger partial charge in [-0.15, -0.1) is 17.5 Å². The van der Waals surface area contributed by atoms with E-state index in [0.717, 1.165) is 44.2 Å². The van der Waals surface area contributed by atoms with Crippen LogP contribution in [0.1, 0.15) is 5.56 Å². The SMILES string of the molecule is Cl.Clc1cccc(-c2nnnn2Cc2ccccc2OCCN2CCOCC2)c1Cl. The lowest BCUT2D eigenvalue weighted by atomic mass is 10.2. The number of morpholine rings is 1. The van der Waals surface area contributed by atoms with Gasteiger partial charge in [0.05, 0.1) is 29.8 Å². The molecule has 30 heavy (non-hydrogen) atoms. The van der Waals surface area contributed by atoms with Gasteiger partial charge in [-0.1, -0.05) is 47.5 Å². The van der Waals surface area contributed by atoms with E-state index in [2.05, 4.69) is 20.4 Å². The van der Waals surface area contributed by atoms with Gasteiger partial charge in [0, 0.05) is 30.8 Å². The van der Waals surface area contributed by atoms with Crippen LogP contribution in [0.2, 0.25) is 10.0 Å². The molecule has 1 aliphatic rings. The van der Waals surface area contributed by atoms with Crippen molar-refractivity contribution in [3.63, 3.8) is 0 Å². The summed E-state index contributed by atoms with van der Waals surface area (Å²) in [6, 6.07) is 13.3. The fraction of sp³-hybridized carbons (Fsp3) is 0.350. The second kappa shape index (κ2) is 10.9. The number of hydrogen-bond donors (Lipinski definition) is 0. The maximum Gasteiger partial charge on any atom is 0.183 e. The van der Waals surface area contributed by atoms with Crippen LogP contribution in [0, 0.1) is 0 Å². The highest BCUT2D eigenvalue weighted by Crippen LogP contribution is 2.32. The fourth-order valence-corrected chi connectivity index (χ4v) is 3.61. The molecule has 4 rings (SSSR count). The molecule has 160 valence electrons. The number of ether oxygens (including phenoxy) is 2. The first kappa shape index (κ1) is 22.8. The lowest BCUT2D eigenvalue weighted by Crippen LogP contribution is -2.38. The summed E-state index contributed by atoms with van der Waals surface area (Å²) in [5.74, 6) is 1.38. The minimum absolute atomic E-state index is 0. The standard InChI is InChI=1S/C20H21Cl2N5O2.ClH/c21-17-6-3-5-16(19(17)22)20-23-24-25-27(20)14-15-4-1-2-7-18(15)29-13-10-26-8-11-28-12-9-26;/h1-7H,8-14H2;1H. The van der Waals surface area contributed by atoms with Crippen molar-refractivity contribution < 1.29 is 9.47 Å². The van der Waals surface area contributed by atoms with E-state index in [1.54, 1.807) is 10.7 Å². The molecule has 1 aliphatic heterocycles. The lowest BCUT2D eigenvalue weighted by Gasteiger charge is -2.26. The molecule has 2 aromatic carbocycles. The van der Waals surface area contributed by atoms with Gasteiger partial charge in [0.1, 0.15) is 12.4 Å². The Morgan fingerprint density at radius 2 is 1.83 bits per heavy atom. The summed E-state index contributed by atoms with van der Waals surface area (Å²) in [4.78, 5) is 2.34. The van der Waals surface area contributed by atoms with Gasteiger partial charge in [-0.05, 0) is 28.6 Å². The van der Waals surface area contributed by atoms with E-state index in [0.29, 0.717) is 34.6 Å². The smallest absolute Gasteiger partial charge is 0.183 e. The molecule has 0 bridgehead atoms. The van der Waals surface area contributed by atoms with Crippen LogP contribution >= 0.6 is 35.6 Å².